The molecule has 0 rings (SSSR count). The van der Waals surface area contributed by atoms with Crippen LogP contribution in [0, 0.1) is 0 Å². The van der Waals surface area contributed by atoms with Crippen molar-refractivity contribution in [2.75, 3.05) is 33.2 Å². The molecule has 0 aromatic heterocycles. The van der Waals surface area contributed by atoms with Gasteiger partial charge in [-0.1, -0.05) is 128 Å². The normalized spacial score (nSPS) is 11.7. The largest absolute Gasteiger partial charge is 0.356 e. The fourth-order valence-corrected chi connectivity index (χ4v) is 5.61. The molecule has 45 heavy (non-hydrogen) atoms. The second kappa shape index (κ2) is 36.8. The van der Waals surface area contributed by atoms with E-state index < -0.39 is 0 Å². The maximum Gasteiger partial charge on any atom is 0.220 e. The van der Waals surface area contributed by atoms with Crippen molar-refractivity contribution in [3.05, 3.63) is 24.3 Å². The molecule has 5 nitrogen and oxygen atoms in total. The summed E-state index contributed by atoms with van der Waals surface area (Å²) in [5.74, 6) is 0.358. The monoisotopic (exact) mass is 632 g/mol. The van der Waals surface area contributed by atoms with E-state index in [-0.39, 0.29) is 11.8 Å². The zero-order chi connectivity index (χ0) is 32.9. The second-order valence-corrected chi connectivity index (χ2v) is 13.3. The van der Waals surface area contributed by atoms with Crippen molar-refractivity contribution in [1.29, 1.82) is 0 Å². The van der Waals surface area contributed by atoms with Crippen LogP contribution in [0.5, 0.6) is 0 Å². The van der Waals surface area contributed by atoms with Gasteiger partial charge in [-0.05, 0) is 84.2 Å². The van der Waals surface area contributed by atoms with Gasteiger partial charge >= 0.3 is 0 Å². The highest BCUT2D eigenvalue weighted by atomic mass is 16.2. The maximum absolute atomic E-state index is 12.1. The van der Waals surface area contributed by atoms with Gasteiger partial charge in [0.2, 0.25) is 11.8 Å². The first-order valence-corrected chi connectivity index (χ1v) is 19.6. The van der Waals surface area contributed by atoms with Crippen LogP contribution in [0.25, 0.3) is 0 Å². The zero-order valence-electron chi connectivity index (χ0n) is 30.5. The van der Waals surface area contributed by atoms with E-state index >= 15 is 0 Å². The average molecular weight is 632 g/mol. The molecule has 0 aromatic carbocycles. The molecule has 0 atom stereocenters. The lowest BCUT2D eigenvalue weighted by Gasteiger charge is -2.17. The van der Waals surface area contributed by atoms with Crippen LogP contribution in [0.3, 0.4) is 0 Å². The number of unbranched alkanes of at least 4 members (excludes halogenated alkanes) is 20. The van der Waals surface area contributed by atoms with Crippen LogP contribution in [0.2, 0.25) is 0 Å². The number of nitrogens with zero attached hydrogens (tertiary/aromatic N) is 1. The maximum atomic E-state index is 12.1. The zero-order valence-corrected chi connectivity index (χ0v) is 30.5. The van der Waals surface area contributed by atoms with E-state index in [1.165, 1.54) is 122 Å². The first-order chi connectivity index (χ1) is 22.1. The number of hydrogen-bond acceptors (Lipinski definition) is 3. The van der Waals surface area contributed by atoms with Crippen LogP contribution < -0.4 is 10.6 Å². The van der Waals surface area contributed by atoms with E-state index in [0.29, 0.717) is 19.4 Å². The number of hydrogen-bond donors (Lipinski definition) is 2. The van der Waals surface area contributed by atoms with Crippen molar-refractivity contribution >= 4 is 11.8 Å². The highest BCUT2D eigenvalue weighted by Crippen LogP contribution is 2.11. The Morgan fingerprint density at radius 3 is 1.24 bits per heavy atom. The third-order valence-corrected chi connectivity index (χ3v) is 8.69. The summed E-state index contributed by atoms with van der Waals surface area (Å²) >= 11 is 0. The van der Waals surface area contributed by atoms with Crippen molar-refractivity contribution in [3.63, 3.8) is 0 Å². The topological polar surface area (TPSA) is 61.4 Å². The Morgan fingerprint density at radius 2 is 0.800 bits per heavy atom. The van der Waals surface area contributed by atoms with Crippen molar-refractivity contribution < 1.29 is 9.59 Å². The number of amides is 2. The lowest BCUT2D eigenvalue weighted by Crippen LogP contribution is -2.34. The molecule has 0 aliphatic rings. The SMILES string of the molecule is CCCCCCCC/C=C/CCCCCCCC(=O)NCCN(C)CCCNC(=O)CCCCC/C=C/CCCCCCCC. The molecule has 0 fully saturated rings. The van der Waals surface area contributed by atoms with Crippen LogP contribution in [-0.4, -0.2) is 49.9 Å². The van der Waals surface area contributed by atoms with E-state index in [0.717, 1.165) is 58.2 Å². The van der Waals surface area contributed by atoms with Crippen LogP contribution in [0.4, 0.5) is 0 Å². The minimum atomic E-state index is 0.178. The van der Waals surface area contributed by atoms with Gasteiger partial charge in [0.1, 0.15) is 0 Å². The Morgan fingerprint density at radius 1 is 0.444 bits per heavy atom. The molecule has 0 unspecified atom stereocenters. The van der Waals surface area contributed by atoms with Gasteiger partial charge in [-0.15, -0.1) is 0 Å². The van der Waals surface area contributed by atoms with Gasteiger partial charge in [-0.25, -0.2) is 0 Å². The van der Waals surface area contributed by atoms with Gasteiger partial charge in [0.05, 0.1) is 0 Å². The van der Waals surface area contributed by atoms with Gasteiger partial charge in [0.25, 0.3) is 0 Å². The smallest absolute Gasteiger partial charge is 0.220 e. The van der Waals surface area contributed by atoms with E-state index in [4.69, 9.17) is 0 Å². The number of likely N-dealkylation sites (N-methyl/N-ethyl adjacent to an activating group) is 1. The van der Waals surface area contributed by atoms with E-state index in [9.17, 15) is 9.59 Å². The Balaban J connectivity index is 3.43. The summed E-state index contributed by atoms with van der Waals surface area (Å²) in [7, 11) is 2.08. The molecule has 0 saturated carbocycles. The first-order valence-electron chi connectivity index (χ1n) is 19.6. The molecule has 2 amide bonds. The molecule has 264 valence electrons. The van der Waals surface area contributed by atoms with E-state index in [1.807, 2.05) is 0 Å². The minimum absolute atomic E-state index is 0.178. The van der Waals surface area contributed by atoms with Crippen molar-refractivity contribution in [1.82, 2.24) is 15.5 Å². The Bertz CT molecular complexity index is 691. The third-order valence-electron chi connectivity index (χ3n) is 8.69. The summed E-state index contributed by atoms with van der Waals surface area (Å²) in [6.45, 7) is 7.74. The summed E-state index contributed by atoms with van der Waals surface area (Å²) in [6, 6.07) is 0. The van der Waals surface area contributed by atoms with Crippen molar-refractivity contribution in [2.45, 2.75) is 187 Å². The molecular weight excluding hydrogens is 554 g/mol. The average Bonchev–Trinajstić information content (AvgIpc) is 3.03. The number of nitrogens with one attached hydrogen (secondary N) is 2. The van der Waals surface area contributed by atoms with Crippen LogP contribution in [-0.2, 0) is 9.59 Å². The van der Waals surface area contributed by atoms with Crippen molar-refractivity contribution in [2.24, 2.45) is 0 Å². The Kier molecular flexibility index (Phi) is 35.5. The molecule has 2 N–H and O–H groups in total. The van der Waals surface area contributed by atoms with E-state index in [1.54, 1.807) is 0 Å². The number of rotatable bonds is 35. The molecule has 0 aliphatic heterocycles. The molecule has 0 saturated heterocycles. The molecule has 0 aromatic rings. The Labute approximate surface area is 281 Å². The lowest BCUT2D eigenvalue weighted by atomic mass is 10.1. The second-order valence-electron chi connectivity index (χ2n) is 13.3. The molecular formula is C40H77N3O2. The summed E-state index contributed by atoms with van der Waals surface area (Å²) in [6.07, 6.45) is 42.1. The van der Waals surface area contributed by atoms with Crippen molar-refractivity contribution in [3.8, 4) is 0 Å². The van der Waals surface area contributed by atoms with Crippen LogP contribution in [0.15, 0.2) is 24.3 Å². The summed E-state index contributed by atoms with van der Waals surface area (Å²) < 4.78 is 0. The quantitative estimate of drug-likeness (QED) is 0.0540. The molecule has 0 heterocycles. The first kappa shape index (κ1) is 43.4. The number of carbonyl (C=O) groups is 2. The van der Waals surface area contributed by atoms with Gasteiger partial charge < -0.3 is 15.5 Å². The van der Waals surface area contributed by atoms with Crippen LogP contribution in [0.1, 0.15) is 187 Å². The number of allylic oxidation sites excluding steroid dienone is 4. The molecule has 0 aliphatic carbocycles. The molecule has 0 spiro atoms. The predicted molar refractivity (Wildman–Crippen MR) is 198 cm³/mol. The summed E-state index contributed by atoms with van der Waals surface area (Å²) in [4.78, 5) is 26.5. The molecule has 5 heteroatoms. The number of carbonyl (C=O) groups excluding carboxylic acids is 2. The molecule has 0 radical (unpaired) electrons. The Hall–Kier alpha value is -1.62. The minimum Gasteiger partial charge on any atom is -0.356 e. The fraction of sp³-hybridized carbons (Fsp3) is 0.850. The van der Waals surface area contributed by atoms with Gasteiger partial charge in [0, 0.05) is 32.5 Å². The third kappa shape index (κ3) is 36.7. The summed E-state index contributed by atoms with van der Waals surface area (Å²) in [5.41, 5.74) is 0. The standard InChI is InChI=1S/C40H77N3O2/c1-4-6-8-10-12-14-16-18-19-21-23-25-27-29-31-34-40(45)42-36-38-43(3)37-32-35-41-39(44)33-30-28-26-24-22-20-17-15-13-11-9-7-5-2/h18-20,22H,4-17,21,23-38H2,1-3H3,(H,41,44)(H,42,45)/b19-18+,22-20+. The highest BCUT2D eigenvalue weighted by molar-refractivity contribution is 5.76. The summed E-state index contributed by atoms with van der Waals surface area (Å²) in [5, 5.41) is 6.13. The highest BCUT2D eigenvalue weighted by Gasteiger charge is 2.04. The van der Waals surface area contributed by atoms with Crippen LogP contribution >= 0.6 is 0 Å². The van der Waals surface area contributed by atoms with Gasteiger partial charge in [0.15, 0.2) is 0 Å². The van der Waals surface area contributed by atoms with E-state index in [2.05, 4.69) is 60.7 Å². The lowest BCUT2D eigenvalue weighted by molar-refractivity contribution is -0.122. The molecule has 0 bridgehead atoms. The predicted octanol–water partition coefficient (Wildman–Crippen LogP) is 10.8. The fourth-order valence-electron chi connectivity index (χ4n) is 5.61. The van der Waals surface area contributed by atoms with Gasteiger partial charge in [-0.3, -0.25) is 9.59 Å². The van der Waals surface area contributed by atoms with Gasteiger partial charge in [-0.2, -0.15) is 0 Å².